The van der Waals surface area contributed by atoms with Crippen LogP contribution in [0.4, 0.5) is 4.39 Å². The molecule has 1 aromatic carbocycles. The molecule has 2 aromatic rings. The Bertz CT molecular complexity index is 808. The van der Waals surface area contributed by atoms with Crippen LogP contribution in [0.25, 0.3) is 0 Å². The van der Waals surface area contributed by atoms with Crippen LogP contribution in [0.3, 0.4) is 0 Å². The quantitative estimate of drug-likeness (QED) is 0.502. The summed E-state index contributed by atoms with van der Waals surface area (Å²) in [4.78, 5) is 0. The van der Waals surface area contributed by atoms with E-state index in [4.69, 9.17) is 9.37 Å². The van der Waals surface area contributed by atoms with Gasteiger partial charge in [0.2, 0.25) is 0 Å². The Morgan fingerprint density at radius 3 is 2.73 bits per heavy atom. The predicted molar refractivity (Wildman–Crippen MR) is 91.8 cm³/mol. The van der Waals surface area contributed by atoms with Crippen LogP contribution >= 0.6 is 0 Å². The molecule has 1 N–H and O–H groups in total. The van der Waals surface area contributed by atoms with E-state index in [2.05, 4.69) is 15.5 Å². The van der Waals surface area contributed by atoms with Gasteiger partial charge in [-0.1, -0.05) is 22.4 Å². The van der Waals surface area contributed by atoms with E-state index in [1.165, 1.54) is 6.07 Å². The Labute approximate surface area is 151 Å². The van der Waals surface area contributed by atoms with Crippen LogP contribution in [0.5, 0.6) is 0 Å². The first kappa shape index (κ1) is 17.1. The van der Waals surface area contributed by atoms with E-state index in [0.717, 1.165) is 37.7 Å². The molecule has 2 atom stereocenters. The summed E-state index contributed by atoms with van der Waals surface area (Å²) >= 11 is 0. The molecule has 26 heavy (non-hydrogen) atoms. The lowest BCUT2D eigenvalue weighted by Crippen LogP contribution is -2.26. The molecule has 2 unspecified atom stereocenters. The second kappa shape index (κ2) is 7.15. The third-order valence-electron chi connectivity index (χ3n) is 5.41. The molecular formula is C19H22FN3O3. The van der Waals surface area contributed by atoms with Crippen LogP contribution in [0.2, 0.25) is 0 Å². The molecule has 0 aliphatic carbocycles. The third-order valence-corrected chi connectivity index (χ3v) is 5.41. The van der Waals surface area contributed by atoms with Crippen LogP contribution in [0, 0.1) is 18.7 Å². The van der Waals surface area contributed by atoms with Gasteiger partial charge in [-0.05, 0) is 67.3 Å². The number of aryl methyl sites for hydroxylation is 1. The molecule has 2 fully saturated rings. The van der Waals surface area contributed by atoms with E-state index in [1.54, 1.807) is 19.1 Å². The minimum atomic E-state index is -0.255. The Morgan fingerprint density at radius 1 is 1.27 bits per heavy atom. The van der Waals surface area contributed by atoms with Crippen molar-refractivity contribution < 1.29 is 19.0 Å². The number of fused-ring (bicyclic) bond motifs is 2. The van der Waals surface area contributed by atoms with Crippen molar-refractivity contribution in [2.45, 2.75) is 57.7 Å². The zero-order valence-electron chi connectivity index (χ0n) is 14.7. The van der Waals surface area contributed by atoms with Crippen molar-refractivity contribution in [1.82, 2.24) is 10.3 Å². The van der Waals surface area contributed by atoms with Gasteiger partial charge in [0, 0.05) is 6.42 Å². The van der Waals surface area contributed by atoms with E-state index >= 15 is 0 Å². The molecule has 2 aliphatic heterocycles. The number of oxime groups is 1. The number of rotatable bonds is 5. The zero-order valence-corrected chi connectivity index (χ0v) is 14.7. The molecule has 138 valence electrons. The molecule has 6 nitrogen and oxygen atoms in total. The first-order valence-corrected chi connectivity index (χ1v) is 9.05. The van der Waals surface area contributed by atoms with Crippen LogP contribution in [0.1, 0.15) is 48.2 Å². The number of nitrogens with zero attached hydrogens (tertiary/aromatic N) is 3. The highest BCUT2D eigenvalue weighted by atomic mass is 19.1. The number of benzene rings is 1. The Balaban J connectivity index is 1.50. The minimum Gasteiger partial charge on any atom is -0.411 e. The summed E-state index contributed by atoms with van der Waals surface area (Å²) in [6.07, 6.45) is 6.09. The topological polar surface area (TPSA) is 80.7 Å². The molecular weight excluding hydrogens is 337 g/mol. The second-order valence-electron chi connectivity index (χ2n) is 7.37. The van der Waals surface area contributed by atoms with Gasteiger partial charge in [-0.2, -0.15) is 0 Å². The fourth-order valence-electron chi connectivity index (χ4n) is 4.14. The lowest BCUT2D eigenvalue weighted by atomic mass is 9.90. The smallest absolute Gasteiger partial charge is 0.156 e. The second-order valence-corrected chi connectivity index (χ2v) is 7.37. The van der Waals surface area contributed by atoms with E-state index in [0.29, 0.717) is 47.2 Å². The van der Waals surface area contributed by atoms with Gasteiger partial charge in [-0.3, -0.25) is 0 Å². The van der Waals surface area contributed by atoms with Crippen LogP contribution in [-0.4, -0.2) is 33.4 Å². The number of halogens is 1. The standard InChI is InChI=1S/C19H22FN3O3/c1-11-6-12(2-5-16(11)20)9-17(21-24)19-18(22-26-23-19)10-13-7-14-3-4-15(8-13)25-14/h2,5-6,13-15,24H,3-4,7-10H2,1H3. The van der Waals surface area contributed by atoms with Gasteiger partial charge in [0.15, 0.2) is 5.69 Å². The monoisotopic (exact) mass is 359 g/mol. The van der Waals surface area contributed by atoms with Gasteiger partial charge in [-0.15, -0.1) is 0 Å². The predicted octanol–water partition coefficient (Wildman–Crippen LogP) is 3.44. The number of aromatic nitrogens is 2. The molecule has 4 rings (SSSR count). The summed E-state index contributed by atoms with van der Waals surface area (Å²) in [5.41, 5.74) is 2.96. The van der Waals surface area contributed by atoms with Crippen molar-refractivity contribution in [3.8, 4) is 0 Å². The first-order valence-electron chi connectivity index (χ1n) is 9.05. The molecule has 3 heterocycles. The number of hydrogen-bond acceptors (Lipinski definition) is 6. The summed E-state index contributed by atoms with van der Waals surface area (Å²) < 4.78 is 24.3. The summed E-state index contributed by atoms with van der Waals surface area (Å²) in [7, 11) is 0. The fourth-order valence-corrected chi connectivity index (χ4v) is 4.14. The van der Waals surface area contributed by atoms with Crippen LogP contribution in [0.15, 0.2) is 28.0 Å². The van der Waals surface area contributed by atoms with Crippen LogP contribution in [-0.2, 0) is 17.6 Å². The molecule has 2 saturated heterocycles. The summed E-state index contributed by atoms with van der Waals surface area (Å²) in [6.45, 7) is 1.71. The molecule has 0 radical (unpaired) electrons. The van der Waals surface area contributed by atoms with E-state index in [-0.39, 0.29) is 5.82 Å². The lowest BCUT2D eigenvalue weighted by molar-refractivity contribution is -0.0193. The van der Waals surface area contributed by atoms with Crippen molar-refractivity contribution in [1.29, 1.82) is 0 Å². The van der Waals surface area contributed by atoms with Crippen molar-refractivity contribution in [2.75, 3.05) is 0 Å². The Hall–Kier alpha value is -2.28. The van der Waals surface area contributed by atoms with Crippen molar-refractivity contribution in [3.63, 3.8) is 0 Å². The van der Waals surface area contributed by atoms with Gasteiger partial charge in [0.05, 0.1) is 12.2 Å². The highest BCUT2D eigenvalue weighted by Crippen LogP contribution is 2.37. The Kier molecular flexibility index (Phi) is 4.72. The molecule has 0 spiro atoms. The maximum Gasteiger partial charge on any atom is 0.156 e. The zero-order chi connectivity index (χ0) is 18.1. The maximum absolute atomic E-state index is 13.5. The minimum absolute atomic E-state index is 0.255. The van der Waals surface area contributed by atoms with E-state index < -0.39 is 0 Å². The normalized spacial score (nSPS) is 25.6. The third kappa shape index (κ3) is 3.49. The average Bonchev–Trinajstić information content (AvgIpc) is 3.22. The molecule has 2 aliphatic rings. The van der Waals surface area contributed by atoms with Gasteiger partial charge >= 0.3 is 0 Å². The summed E-state index contributed by atoms with van der Waals surface area (Å²) in [5, 5.41) is 20.9. The lowest BCUT2D eigenvalue weighted by Gasteiger charge is -2.27. The fraction of sp³-hybridized carbons (Fsp3) is 0.526. The van der Waals surface area contributed by atoms with Gasteiger partial charge in [-0.25, -0.2) is 9.02 Å². The van der Waals surface area contributed by atoms with Gasteiger partial charge in [0.1, 0.15) is 17.2 Å². The summed E-state index contributed by atoms with van der Waals surface area (Å²) in [6, 6.07) is 4.83. The number of hydrogen-bond donors (Lipinski definition) is 1. The number of ether oxygens (including phenoxy) is 1. The molecule has 1 aromatic heterocycles. The van der Waals surface area contributed by atoms with Crippen LogP contribution < -0.4 is 0 Å². The van der Waals surface area contributed by atoms with E-state index in [1.807, 2.05) is 0 Å². The van der Waals surface area contributed by atoms with Gasteiger partial charge in [0.25, 0.3) is 0 Å². The highest BCUT2D eigenvalue weighted by molar-refractivity contribution is 6.00. The van der Waals surface area contributed by atoms with Crippen molar-refractivity contribution in [3.05, 3.63) is 46.5 Å². The van der Waals surface area contributed by atoms with Crippen molar-refractivity contribution >= 4 is 5.71 Å². The molecule has 0 amide bonds. The maximum atomic E-state index is 13.5. The first-order chi connectivity index (χ1) is 12.6. The van der Waals surface area contributed by atoms with Gasteiger partial charge < -0.3 is 9.94 Å². The molecule has 2 bridgehead atoms. The summed E-state index contributed by atoms with van der Waals surface area (Å²) in [5.74, 6) is 0.217. The highest BCUT2D eigenvalue weighted by Gasteiger charge is 2.36. The Morgan fingerprint density at radius 2 is 2.04 bits per heavy atom. The average molecular weight is 359 g/mol. The molecule has 7 heteroatoms. The molecule has 0 saturated carbocycles. The SMILES string of the molecule is Cc1cc(CC(=NO)c2nonc2CC2CC3CCC(C2)O3)ccc1F. The largest absolute Gasteiger partial charge is 0.411 e. The van der Waals surface area contributed by atoms with Crippen molar-refractivity contribution in [2.24, 2.45) is 11.1 Å². The van der Waals surface area contributed by atoms with E-state index in [9.17, 15) is 9.60 Å².